The van der Waals surface area contributed by atoms with E-state index in [2.05, 4.69) is 0 Å². The first-order valence-corrected chi connectivity index (χ1v) is 16.6. The summed E-state index contributed by atoms with van der Waals surface area (Å²) in [4.78, 5) is 13.2. The van der Waals surface area contributed by atoms with Gasteiger partial charge in [0, 0.05) is 6.08 Å². The lowest BCUT2D eigenvalue weighted by molar-refractivity contribution is -0.360. The van der Waals surface area contributed by atoms with Crippen LogP contribution in [0.15, 0.2) is 42.5 Å². The van der Waals surface area contributed by atoms with E-state index in [4.69, 9.17) is 33.2 Å². The molecule has 13 atom stereocenters. The number of hydrogen-bond acceptors (Lipinski definition) is 19. The average Bonchev–Trinajstić information content (AvgIpc) is 3.42. The fourth-order valence-electron chi connectivity index (χ4n) is 5.87. The Bertz CT molecular complexity index is 1570. The number of aliphatic hydroxyl groups is 7. The van der Waals surface area contributed by atoms with E-state index in [9.17, 15) is 61.0 Å². The van der Waals surface area contributed by atoms with Gasteiger partial charge in [0.15, 0.2) is 48.0 Å². The predicted molar refractivity (Wildman–Crippen MR) is 174 cm³/mol. The van der Waals surface area contributed by atoms with Crippen molar-refractivity contribution < 1.29 is 94.1 Å². The van der Waals surface area contributed by atoms with E-state index >= 15 is 0 Å². The molecule has 2 aromatic rings. The van der Waals surface area contributed by atoms with Gasteiger partial charge in [0.05, 0.1) is 32.5 Å². The van der Waals surface area contributed by atoms with Gasteiger partial charge in [-0.15, -0.1) is 0 Å². The minimum Gasteiger partial charge on any atom is -0.504 e. The van der Waals surface area contributed by atoms with Crippen molar-refractivity contribution in [1.29, 1.82) is 0 Å². The van der Waals surface area contributed by atoms with Crippen LogP contribution >= 0.6 is 0 Å². The summed E-state index contributed by atoms with van der Waals surface area (Å²) < 4.78 is 40.0. The van der Waals surface area contributed by atoms with Crippen molar-refractivity contribution in [2.45, 2.75) is 92.8 Å². The lowest BCUT2D eigenvalue weighted by Gasteiger charge is -2.46. The largest absolute Gasteiger partial charge is 0.504 e. The number of rotatable bonds is 13. The number of hydrogen-bond donors (Lipinski definition) is 11. The van der Waals surface area contributed by atoms with E-state index in [1.54, 1.807) is 0 Å². The summed E-state index contributed by atoms with van der Waals surface area (Å²) in [6, 6.07) is 7.83. The Morgan fingerprint density at radius 2 is 1.53 bits per heavy atom. The molecule has 0 bridgehead atoms. The molecule has 0 aromatic heterocycles. The van der Waals surface area contributed by atoms with Gasteiger partial charge < -0.3 is 89.3 Å². The van der Waals surface area contributed by atoms with Crippen molar-refractivity contribution >= 4 is 12.0 Å². The topological polar surface area (TPSA) is 304 Å². The first-order valence-electron chi connectivity index (χ1n) is 16.6. The van der Waals surface area contributed by atoms with Gasteiger partial charge in [0.25, 0.3) is 0 Å². The van der Waals surface area contributed by atoms with Crippen molar-refractivity contribution in [3.05, 3.63) is 53.6 Å². The Kier molecular flexibility index (Phi) is 13.2. The Morgan fingerprint density at radius 3 is 2.19 bits per heavy atom. The Labute approximate surface area is 302 Å². The van der Waals surface area contributed by atoms with Gasteiger partial charge >= 0.3 is 5.97 Å². The number of aliphatic hydroxyl groups excluding tert-OH is 6. The summed E-state index contributed by atoms with van der Waals surface area (Å²) in [6.45, 7) is -0.718. The summed E-state index contributed by atoms with van der Waals surface area (Å²) in [5, 5.41) is 112. The summed E-state index contributed by atoms with van der Waals surface area (Å²) in [5.41, 5.74) is -1.24. The highest BCUT2D eigenvalue weighted by atomic mass is 16.8. The number of carbonyl (C=O) groups is 1. The number of aromatic hydroxyl groups is 4. The SMILES string of the molecule is C[C@@H]1O[C@@H](O[C@@H]2[C@@H](O)[C@H](OCCc3ccc(O)c(O)c3)O[C@H](CO[C@H]3OC[C@](O)(CO)[C@H]3O)[C@H]2OC(=O)C=Cc2ccc(O)c(O)c2)[C@H](O)[C@H](O)[C@H]1O. The number of carbonyl (C=O) groups excluding carboxylic acids is 1. The van der Waals surface area contributed by atoms with Crippen molar-refractivity contribution in [3.63, 3.8) is 0 Å². The molecule has 0 unspecified atom stereocenters. The molecule has 2 aromatic carbocycles. The number of esters is 1. The van der Waals surface area contributed by atoms with Crippen molar-refractivity contribution in [3.8, 4) is 23.0 Å². The average molecular weight is 757 g/mol. The number of phenolic OH excluding ortho intramolecular Hbond substituents is 4. The highest BCUT2D eigenvalue weighted by molar-refractivity contribution is 5.87. The summed E-state index contributed by atoms with van der Waals surface area (Å²) in [7, 11) is 0. The third-order valence-corrected chi connectivity index (χ3v) is 9.09. The standard InChI is InChI=1S/C34H44O19/c1-15-24(41)25(42)26(43)32(50-15)53-29-27(44)31(47-9-8-17-3-6-19(37)21(39)11-17)51-22(12-48-33-30(45)34(46,13-35)14-49-33)28(29)52-23(40)7-4-16-2-5-18(36)20(38)10-16/h2-7,10-11,15,22,24-33,35-39,41-46H,8-9,12-14H2,1H3/t15-,22+,24-,25+,26+,27+,28+,29+,30-,31+,32-,33-,34+/m0/s1. The Morgan fingerprint density at radius 1 is 0.830 bits per heavy atom. The molecule has 53 heavy (non-hydrogen) atoms. The van der Waals surface area contributed by atoms with Gasteiger partial charge in [0.2, 0.25) is 0 Å². The Hall–Kier alpha value is -3.67. The van der Waals surface area contributed by atoms with Gasteiger partial charge in [0.1, 0.15) is 48.3 Å². The molecule has 0 amide bonds. The quantitative estimate of drug-likeness (QED) is 0.0569. The number of benzene rings is 2. The zero-order chi connectivity index (χ0) is 38.6. The molecule has 3 aliphatic heterocycles. The molecule has 3 aliphatic rings. The van der Waals surface area contributed by atoms with Crippen molar-refractivity contribution in [1.82, 2.24) is 0 Å². The lowest BCUT2D eigenvalue weighted by Crippen LogP contribution is -2.65. The van der Waals surface area contributed by atoms with Crippen LogP contribution in [0.25, 0.3) is 6.08 Å². The van der Waals surface area contributed by atoms with Gasteiger partial charge in [-0.05, 0) is 54.8 Å². The number of phenols is 4. The first kappa shape index (κ1) is 40.5. The van der Waals surface area contributed by atoms with E-state index in [1.807, 2.05) is 0 Å². The summed E-state index contributed by atoms with van der Waals surface area (Å²) in [5.74, 6) is -2.62. The van der Waals surface area contributed by atoms with Crippen LogP contribution in [-0.2, 0) is 44.4 Å². The van der Waals surface area contributed by atoms with Crippen LogP contribution in [0.4, 0.5) is 0 Å². The minimum absolute atomic E-state index is 0.136. The van der Waals surface area contributed by atoms with Gasteiger partial charge in [-0.1, -0.05) is 12.1 Å². The molecule has 3 saturated heterocycles. The molecule has 3 heterocycles. The second-order valence-electron chi connectivity index (χ2n) is 13.0. The minimum atomic E-state index is -2.05. The van der Waals surface area contributed by atoms with Crippen LogP contribution in [0.3, 0.4) is 0 Å². The monoisotopic (exact) mass is 756 g/mol. The zero-order valence-corrected chi connectivity index (χ0v) is 28.3. The maximum atomic E-state index is 13.2. The van der Waals surface area contributed by atoms with Crippen LogP contribution < -0.4 is 0 Å². The van der Waals surface area contributed by atoms with Crippen LogP contribution in [0.5, 0.6) is 23.0 Å². The molecule has 0 radical (unpaired) electrons. The molecule has 3 fully saturated rings. The van der Waals surface area contributed by atoms with Crippen LogP contribution in [-0.4, -0.2) is 168 Å². The third kappa shape index (κ3) is 9.35. The maximum Gasteiger partial charge on any atom is 0.331 e. The van der Waals surface area contributed by atoms with E-state index in [-0.39, 0.29) is 30.1 Å². The predicted octanol–water partition coefficient (Wildman–Crippen LogP) is -2.55. The van der Waals surface area contributed by atoms with Gasteiger partial charge in [-0.3, -0.25) is 0 Å². The van der Waals surface area contributed by atoms with Crippen molar-refractivity contribution in [2.24, 2.45) is 0 Å². The second kappa shape index (κ2) is 17.2. The van der Waals surface area contributed by atoms with Crippen molar-refractivity contribution in [2.75, 3.05) is 26.4 Å². The summed E-state index contributed by atoms with van der Waals surface area (Å²) >= 11 is 0. The van der Waals surface area contributed by atoms with Crippen LogP contribution in [0.2, 0.25) is 0 Å². The van der Waals surface area contributed by atoms with E-state index in [0.717, 1.165) is 6.08 Å². The molecule has 11 N–H and O–H groups in total. The van der Waals surface area contributed by atoms with Crippen LogP contribution in [0, 0.1) is 0 Å². The highest BCUT2D eigenvalue weighted by Crippen LogP contribution is 2.34. The fraction of sp³-hybridized carbons (Fsp3) is 0.559. The van der Waals surface area contributed by atoms with Gasteiger partial charge in [-0.25, -0.2) is 4.79 Å². The molecule has 294 valence electrons. The highest BCUT2D eigenvalue weighted by Gasteiger charge is 2.54. The molecule has 19 heteroatoms. The molecular weight excluding hydrogens is 712 g/mol. The van der Waals surface area contributed by atoms with Gasteiger partial charge in [-0.2, -0.15) is 0 Å². The van der Waals surface area contributed by atoms with Crippen LogP contribution in [0.1, 0.15) is 18.1 Å². The molecule has 0 spiro atoms. The smallest absolute Gasteiger partial charge is 0.331 e. The normalized spacial score (nSPS) is 36.2. The zero-order valence-electron chi connectivity index (χ0n) is 28.3. The third-order valence-electron chi connectivity index (χ3n) is 9.09. The second-order valence-corrected chi connectivity index (χ2v) is 13.0. The first-order chi connectivity index (χ1) is 25.1. The maximum absolute atomic E-state index is 13.2. The molecule has 0 aliphatic carbocycles. The summed E-state index contributed by atoms with van der Waals surface area (Å²) in [6.07, 6.45) is -17.0. The lowest BCUT2D eigenvalue weighted by atomic mass is 9.96. The fourth-order valence-corrected chi connectivity index (χ4v) is 5.87. The number of ether oxygens (including phenoxy) is 7. The van der Waals surface area contributed by atoms with E-state index in [1.165, 1.54) is 49.4 Å². The molecular formula is C34H44O19. The van der Waals surface area contributed by atoms with E-state index < -0.39 is 117 Å². The molecule has 0 saturated carbocycles. The van der Waals surface area contributed by atoms with E-state index in [0.29, 0.717) is 5.56 Å². The Balaban J connectivity index is 1.42. The molecule has 5 rings (SSSR count). The molecule has 19 nitrogen and oxygen atoms in total.